The van der Waals surface area contributed by atoms with Gasteiger partial charge in [0, 0.05) is 26.8 Å². The molecule has 0 aromatic carbocycles. The number of rotatable bonds is 7. The van der Waals surface area contributed by atoms with Crippen LogP contribution in [0.25, 0.3) is 0 Å². The summed E-state index contributed by atoms with van der Waals surface area (Å²) < 4.78 is 4.89. The third-order valence-corrected chi connectivity index (χ3v) is 2.04. The molecule has 0 spiro atoms. The third kappa shape index (κ3) is 4.78. The van der Waals surface area contributed by atoms with E-state index in [1.54, 1.807) is 13.3 Å². The van der Waals surface area contributed by atoms with Crippen LogP contribution in [-0.4, -0.2) is 42.7 Å². The van der Waals surface area contributed by atoms with Gasteiger partial charge in [-0.25, -0.2) is 4.98 Å². The minimum atomic E-state index is -0.214. The van der Waals surface area contributed by atoms with Gasteiger partial charge < -0.3 is 15.4 Å². The molecule has 0 aliphatic rings. The number of carbonyl (C=O) groups is 1. The Labute approximate surface area is 101 Å². The first-order valence-electron chi connectivity index (χ1n) is 5.61. The second-order valence-corrected chi connectivity index (χ2v) is 3.42. The molecule has 0 bridgehead atoms. The van der Waals surface area contributed by atoms with Gasteiger partial charge in [-0.15, -0.1) is 0 Å². The van der Waals surface area contributed by atoms with Gasteiger partial charge in [-0.1, -0.05) is 0 Å². The van der Waals surface area contributed by atoms with Crippen molar-refractivity contribution in [2.45, 2.75) is 13.3 Å². The standard InChI is InChI=1S/C11H18N4O2/c1-3-13-10-8-12-7-9(15-10)11(16)14-5-4-6-17-2/h7-8H,3-6H2,1-2H3,(H,13,15)(H,14,16). The minimum absolute atomic E-state index is 0.214. The fourth-order valence-electron chi connectivity index (χ4n) is 1.25. The Morgan fingerprint density at radius 1 is 1.47 bits per heavy atom. The van der Waals surface area contributed by atoms with Crippen molar-refractivity contribution in [3.05, 3.63) is 18.1 Å². The summed E-state index contributed by atoms with van der Waals surface area (Å²) >= 11 is 0. The highest BCUT2D eigenvalue weighted by molar-refractivity contribution is 5.92. The molecule has 0 aliphatic heterocycles. The number of carbonyl (C=O) groups excluding carboxylic acids is 1. The number of aromatic nitrogens is 2. The highest BCUT2D eigenvalue weighted by Crippen LogP contribution is 2.01. The first-order chi connectivity index (χ1) is 8.27. The predicted molar refractivity (Wildman–Crippen MR) is 65.0 cm³/mol. The summed E-state index contributed by atoms with van der Waals surface area (Å²) in [5.74, 6) is 0.394. The molecule has 1 heterocycles. The molecule has 1 aromatic heterocycles. The summed E-state index contributed by atoms with van der Waals surface area (Å²) in [4.78, 5) is 19.8. The van der Waals surface area contributed by atoms with Gasteiger partial charge >= 0.3 is 0 Å². The molecular weight excluding hydrogens is 220 g/mol. The van der Waals surface area contributed by atoms with Crippen molar-refractivity contribution < 1.29 is 9.53 Å². The number of anilines is 1. The summed E-state index contributed by atoms with van der Waals surface area (Å²) in [6.45, 7) is 3.90. The van der Waals surface area contributed by atoms with Crippen LogP contribution in [0.2, 0.25) is 0 Å². The van der Waals surface area contributed by atoms with Gasteiger partial charge in [-0.05, 0) is 13.3 Å². The number of ether oxygens (including phenoxy) is 1. The lowest BCUT2D eigenvalue weighted by Gasteiger charge is -2.06. The average molecular weight is 238 g/mol. The molecule has 0 atom stereocenters. The van der Waals surface area contributed by atoms with E-state index >= 15 is 0 Å². The maximum absolute atomic E-state index is 11.7. The summed E-state index contributed by atoms with van der Waals surface area (Å²) in [5, 5.41) is 5.76. The summed E-state index contributed by atoms with van der Waals surface area (Å²) in [6, 6.07) is 0. The van der Waals surface area contributed by atoms with Crippen LogP contribution in [-0.2, 0) is 4.74 Å². The zero-order valence-corrected chi connectivity index (χ0v) is 10.2. The Morgan fingerprint density at radius 3 is 3.00 bits per heavy atom. The Balaban J connectivity index is 2.47. The fourth-order valence-corrected chi connectivity index (χ4v) is 1.25. The molecule has 1 rings (SSSR count). The van der Waals surface area contributed by atoms with Gasteiger partial charge in [0.05, 0.1) is 12.4 Å². The molecule has 6 nitrogen and oxygen atoms in total. The normalized spacial score (nSPS) is 10.0. The van der Waals surface area contributed by atoms with Crippen LogP contribution >= 0.6 is 0 Å². The van der Waals surface area contributed by atoms with Crippen molar-refractivity contribution in [2.75, 3.05) is 32.1 Å². The summed E-state index contributed by atoms with van der Waals surface area (Å²) in [6.07, 6.45) is 3.82. The second-order valence-electron chi connectivity index (χ2n) is 3.42. The van der Waals surface area contributed by atoms with Crippen molar-refractivity contribution in [2.24, 2.45) is 0 Å². The van der Waals surface area contributed by atoms with Crippen molar-refractivity contribution in [3.63, 3.8) is 0 Å². The fraction of sp³-hybridized carbons (Fsp3) is 0.545. The lowest BCUT2D eigenvalue weighted by Crippen LogP contribution is -2.26. The first kappa shape index (κ1) is 13.4. The van der Waals surface area contributed by atoms with Crippen LogP contribution < -0.4 is 10.6 Å². The zero-order valence-electron chi connectivity index (χ0n) is 10.2. The maximum atomic E-state index is 11.7. The van der Waals surface area contributed by atoms with E-state index < -0.39 is 0 Å². The molecule has 0 saturated heterocycles. The quantitative estimate of drug-likeness (QED) is 0.683. The van der Waals surface area contributed by atoms with Crippen molar-refractivity contribution in [1.29, 1.82) is 0 Å². The Bertz CT molecular complexity index is 357. The van der Waals surface area contributed by atoms with Crippen molar-refractivity contribution in [1.82, 2.24) is 15.3 Å². The van der Waals surface area contributed by atoms with E-state index in [0.29, 0.717) is 24.7 Å². The smallest absolute Gasteiger partial charge is 0.271 e. The van der Waals surface area contributed by atoms with E-state index in [1.807, 2.05) is 6.92 Å². The monoisotopic (exact) mass is 238 g/mol. The summed E-state index contributed by atoms with van der Waals surface area (Å²) in [5.41, 5.74) is 0.320. The Hall–Kier alpha value is -1.69. The highest BCUT2D eigenvalue weighted by atomic mass is 16.5. The van der Waals surface area contributed by atoms with Crippen molar-refractivity contribution in [3.8, 4) is 0 Å². The van der Waals surface area contributed by atoms with E-state index in [1.165, 1.54) is 6.20 Å². The van der Waals surface area contributed by atoms with E-state index in [0.717, 1.165) is 13.0 Å². The molecule has 0 saturated carbocycles. The zero-order chi connectivity index (χ0) is 12.5. The molecule has 2 N–H and O–H groups in total. The van der Waals surface area contributed by atoms with Gasteiger partial charge in [-0.3, -0.25) is 9.78 Å². The first-order valence-corrected chi connectivity index (χ1v) is 5.61. The van der Waals surface area contributed by atoms with Crippen LogP contribution in [0.4, 0.5) is 5.82 Å². The van der Waals surface area contributed by atoms with Crippen LogP contribution in [0.5, 0.6) is 0 Å². The van der Waals surface area contributed by atoms with Crippen molar-refractivity contribution >= 4 is 11.7 Å². The maximum Gasteiger partial charge on any atom is 0.271 e. The Kier molecular flexibility index (Phi) is 5.95. The number of nitrogens with zero attached hydrogens (tertiary/aromatic N) is 2. The second kappa shape index (κ2) is 7.56. The van der Waals surface area contributed by atoms with Gasteiger partial charge in [0.25, 0.3) is 5.91 Å². The molecule has 0 aliphatic carbocycles. The van der Waals surface area contributed by atoms with Crippen LogP contribution in [0, 0.1) is 0 Å². The summed E-state index contributed by atoms with van der Waals surface area (Å²) in [7, 11) is 1.63. The molecule has 6 heteroatoms. The van der Waals surface area contributed by atoms with E-state index in [4.69, 9.17) is 4.74 Å². The lowest BCUT2D eigenvalue weighted by molar-refractivity contribution is 0.0943. The van der Waals surface area contributed by atoms with Crippen LogP contribution in [0.1, 0.15) is 23.8 Å². The molecule has 0 fully saturated rings. The third-order valence-electron chi connectivity index (χ3n) is 2.04. The number of hydrogen-bond donors (Lipinski definition) is 2. The van der Waals surface area contributed by atoms with Gasteiger partial charge in [0.1, 0.15) is 11.5 Å². The molecular formula is C11H18N4O2. The molecule has 1 amide bonds. The van der Waals surface area contributed by atoms with E-state index in [9.17, 15) is 4.79 Å². The van der Waals surface area contributed by atoms with Gasteiger partial charge in [0.15, 0.2) is 0 Å². The number of methoxy groups -OCH3 is 1. The lowest BCUT2D eigenvalue weighted by atomic mass is 10.4. The predicted octanol–water partition coefficient (Wildman–Crippen LogP) is 0.675. The molecule has 17 heavy (non-hydrogen) atoms. The number of nitrogens with one attached hydrogen (secondary N) is 2. The van der Waals surface area contributed by atoms with Gasteiger partial charge in [0.2, 0.25) is 0 Å². The number of hydrogen-bond acceptors (Lipinski definition) is 5. The minimum Gasteiger partial charge on any atom is -0.385 e. The Morgan fingerprint density at radius 2 is 2.29 bits per heavy atom. The SMILES string of the molecule is CCNc1cncc(C(=O)NCCCOC)n1. The van der Waals surface area contributed by atoms with E-state index in [2.05, 4.69) is 20.6 Å². The highest BCUT2D eigenvalue weighted by Gasteiger charge is 2.07. The van der Waals surface area contributed by atoms with Crippen LogP contribution in [0.3, 0.4) is 0 Å². The van der Waals surface area contributed by atoms with Gasteiger partial charge in [-0.2, -0.15) is 0 Å². The molecule has 94 valence electrons. The van der Waals surface area contributed by atoms with E-state index in [-0.39, 0.29) is 5.91 Å². The largest absolute Gasteiger partial charge is 0.385 e. The average Bonchev–Trinajstić information content (AvgIpc) is 2.35. The topological polar surface area (TPSA) is 76.1 Å². The molecule has 0 radical (unpaired) electrons. The number of amides is 1. The molecule has 1 aromatic rings. The molecule has 0 unspecified atom stereocenters. The van der Waals surface area contributed by atoms with Crippen LogP contribution in [0.15, 0.2) is 12.4 Å².